The normalized spacial score (nSPS) is 10.1. The Kier molecular flexibility index (Phi) is 4.80. The topological polar surface area (TPSA) is 69.6 Å². The third-order valence-electron chi connectivity index (χ3n) is 3.48. The maximum absolute atomic E-state index is 11.9. The zero-order valence-corrected chi connectivity index (χ0v) is 13.5. The molecule has 3 rings (SSSR count). The van der Waals surface area contributed by atoms with Crippen LogP contribution in [0, 0.1) is 0 Å². The van der Waals surface area contributed by atoms with Gasteiger partial charge in [-0.1, -0.05) is 6.07 Å². The largest absolute Gasteiger partial charge is 0.497 e. The van der Waals surface area contributed by atoms with Gasteiger partial charge in [0.15, 0.2) is 0 Å². The molecule has 6 nitrogen and oxygen atoms in total. The van der Waals surface area contributed by atoms with Gasteiger partial charge in [0.05, 0.1) is 7.11 Å². The first-order chi connectivity index (χ1) is 12.2. The number of anilines is 1. The van der Waals surface area contributed by atoms with Crippen molar-refractivity contribution in [3.05, 3.63) is 83.3 Å². The van der Waals surface area contributed by atoms with E-state index in [9.17, 15) is 9.59 Å². The molecule has 0 atom stereocenters. The van der Waals surface area contributed by atoms with Crippen molar-refractivity contribution in [3.63, 3.8) is 0 Å². The average molecular weight is 336 g/mol. The lowest BCUT2D eigenvalue weighted by Gasteiger charge is -2.09. The highest BCUT2D eigenvalue weighted by Gasteiger charge is 2.06. The number of hydrogen-bond donors (Lipinski definition) is 1. The van der Waals surface area contributed by atoms with E-state index in [-0.39, 0.29) is 5.56 Å². The molecule has 1 heterocycles. The monoisotopic (exact) mass is 336 g/mol. The predicted octanol–water partition coefficient (Wildman–Crippen LogP) is 3.46. The van der Waals surface area contributed by atoms with Crippen LogP contribution in [0.2, 0.25) is 0 Å². The van der Waals surface area contributed by atoms with Gasteiger partial charge in [0.2, 0.25) is 0 Å². The van der Waals surface area contributed by atoms with Crippen molar-refractivity contribution in [2.24, 2.45) is 0 Å². The van der Waals surface area contributed by atoms with Crippen LogP contribution < -0.4 is 20.3 Å². The summed E-state index contributed by atoms with van der Waals surface area (Å²) in [5, 5.41) is 2.63. The van der Waals surface area contributed by atoms with Crippen molar-refractivity contribution in [2.75, 3.05) is 12.4 Å². The number of carbonyl (C=O) groups excluding carboxylic acids is 1. The van der Waals surface area contributed by atoms with E-state index in [2.05, 4.69) is 5.32 Å². The molecule has 0 radical (unpaired) electrons. The molecule has 1 amide bonds. The number of hydrogen-bond acceptors (Lipinski definition) is 4. The molecule has 6 heteroatoms. The average Bonchev–Trinajstić information content (AvgIpc) is 2.63. The Morgan fingerprint density at radius 1 is 0.920 bits per heavy atom. The highest BCUT2D eigenvalue weighted by molar-refractivity contribution is 5.86. The zero-order chi connectivity index (χ0) is 17.6. The highest BCUT2D eigenvalue weighted by Crippen LogP contribution is 2.18. The van der Waals surface area contributed by atoms with Gasteiger partial charge in [0, 0.05) is 23.6 Å². The summed E-state index contributed by atoms with van der Waals surface area (Å²) in [6.07, 6.45) is 1.08. The molecule has 1 N–H and O–H groups in total. The summed E-state index contributed by atoms with van der Waals surface area (Å²) in [6, 6.07) is 18.5. The van der Waals surface area contributed by atoms with Gasteiger partial charge in [-0.3, -0.25) is 14.7 Å². The molecule has 0 aliphatic heterocycles. The number of carbonyl (C=O) groups is 1. The summed E-state index contributed by atoms with van der Waals surface area (Å²) >= 11 is 0. The Balaban J connectivity index is 1.65. The molecule has 1 aromatic heterocycles. The molecule has 0 spiro atoms. The minimum Gasteiger partial charge on any atom is -0.497 e. The van der Waals surface area contributed by atoms with Crippen molar-refractivity contribution in [1.82, 2.24) is 4.57 Å². The molecule has 0 aliphatic rings. The second-order valence-electron chi connectivity index (χ2n) is 5.15. The number of ether oxygens (including phenoxy) is 2. The molecule has 25 heavy (non-hydrogen) atoms. The second kappa shape index (κ2) is 7.35. The predicted molar refractivity (Wildman–Crippen MR) is 94.7 cm³/mol. The van der Waals surface area contributed by atoms with Crippen LogP contribution in [-0.2, 0) is 0 Å². The van der Waals surface area contributed by atoms with Gasteiger partial charge in [0.1, 0.15) is 11.5 Å². The Hall–Kier alpha value is -3.54. The lowest BCUT2D eigenvalue weighted by molar-refractivity contribution is 0.215. The maximum atomic E-state index is 11.9. The van der Waals surface area contributed by atoms with E-state index in [0.717, 1.165) is 0 Å². The molecule has 0 saturated heterocycles. The molecular weight excluding hydrogens is 320 g/mol. The fraction of sp³-hybridized carbons (Fsp3) is 0.0526. The van der Waals surface area contributed by atoms with Gasteiger partial charge in [-0.25, -0.2) is 4.79 Å². The van der Waals surface area contributed by atoms with Crippen LogP contribution in [0.1, 0.15) is 0 Å². The van der Waals surface area contributed by atoms with Crippen LogP contribution in [0.15, 0.2) is 77.7 Å². The van der Waals surface area contributed by atoms with Crippen LogP contribution in [0.4, 0.5) is 10.5 Å². The van der Waals surface area contributed by atoms with Crippen LogP contribution in [0.3, 0.4) is 0 Å². The number of nitrogens with zero attached hydrogens (tertiary/aromatic N) is 1. The summed E-state index contributed by atoms with van der Waals surface area (Å²) < 4.78 is 11.7. The Bertz CT molecular complexity index is 915. The molecule has 126 valence electrons. The minimum atomic E-state index is -0.602. The van der Waals surface area contributed by atoms with Gasteiger partial charge >= 0.3 is 6.09 Å². The summed E-state index contributed by atoms with van der Waals surface area (Å²) in [4.78, 5) is 23.7. The third kappa shape index (κ3) is 4.06. The number of benzene rings is 2. The van der Waals surface area contributed by atoms with Crippen LogP contribution in [-0.4, -0.2) is 17.8 Å². The fourth-order valence-corrected chi connectivity index (χ4v) is 2.24. The first kappa shape index (κ1) is 16.3. The number of rotatable bonds is 4. The first-order valence-corrected chi connectivity index (χ1v) is 7.57. The maximum Gasteiger partial charge on any atom is 0.417 e. The fourth-order valence-electron chi connectivity index (χ4n) is 2.24. The lowest BCUT2D eigenvalue weighted by atomic mass is 10.2. The zero-order valence-electron chi connectivity index (χ0n) is 13.5. The molecular formula is C19H16N2O4. The van der Waals surface area contributed by atoms with Crippen molar-refractivity contribution in [2.45, 2.75) is 0 Å². The number of nitrogens with one attached hydrogen (secondary N) is 1. The summed E-state index contributed by atoms with van der Waals surface area (Å²) in [6.45, 7) is 0. The van der Waals surface area contributed by atoms with E-state index in [1.54, 1.807) is 74.0 Å². The number of amides is 1. The van der Waals surface area contributed by atoms with Crippen LogP contribution in [0.5, 0.6) is 11.5 Å². The quantitative estimate of drug-likeness (QED) is 0.792. The molecule has 0 unspecified atom stereocenters. The molecule has 3 aromatic rings. The summed E-state index contributed by atoms with van der Waals surface area (Å²) in [5.74, 6) is 1.09. The van der Waals surface area contributed by atoms with Crippen LogP contribution in [0.25, 0.3) is 5.69 Å². The second-order valence-corrected chi connectivity index (χ2v) is 5.15. The van der Waals surface area contributed by atoms with Gasteiger partial charge in [-0.2, -0.15) is 0 Å². The summed E-state index contributed by atoms with van der Waals surface area (Å²) in [5.41, 5.74) is 1.15. The summed E-state index contributed by atoms with van der Waals surface area (Å²) in [7, 11) is 1.57. The standard InChI is InChI=1S/C19H16N2O4/c1-24-16-9-11-17(12-10-16)25-19(23)20-14-5-7-15(8-6-14)21-13-3-2-4-18(21)22/h2-13H,1H3,(H,20,23). The number of aromatic nitrogens is 1. The van der Waals surface area contributed by atoms with Gasteiger partial charge in [-0.15, -0.1) is 0 Å². The Labute approximate surface area is 144 Å². The van der Waals surface area contributed by atoms with E-state index in [4.69, 9.17) is 9.47 Å². The molecule has 0 aliphatic carbocycles. The Morgan fingerprint density at radius 2 is 1.60 bits per heavy atom. The minimum absolute atomic E-state index is 0.123. The molecule has 0 fully saturated rings. The van der Waals surface area contributed by atoms with Crippen molar-refractivity contribution in [3.8, 4) is 17.2 Å². The van der Waals surface area contributed by atoms with E-state index < -0.39 is 6.09 Å². The number of methoxy groups -OCH3 is 1. The van der Waals surface area contributed by atoms with E-state index in [1.165, 1.54) is 10.6 Å². The van der Waals surface area contributed by atoms with Crippen molar-refractivity contribution in [1.29, 1.82) is 0 Å². The van der Waals surface area contributed by atoms with Crippen LogP contribution >= 0.6 is 0 Å². The molecule has 2 aromatic carbocycles. The highest BCUT2D eigenvalue weighted by atomic mass is 16.6. The van der Waals surface area contributed by atoms with Crippen molar-refractivity contribution >= 4 is 11.8 Å². The van der Waals surface area contributed by atoms with E-state index in [0.29, 0.717) is 22.9 Å². The SMILES string of the molecule is COc1ccc(OC(=O)Nc2ccc(-n3ccccc3=O)cc2)cc1. The molecule has 0 bridgehead atoms. The Morgan fingerprint density at radius 3 is 2.24 bits per heavy atom. The van der Waals surface area contributed by atoms with Gasteiger partial charge in [-0.05, 0) is 54.6 Å². The molecule has 0 saturated carbocycles. The number of pyridine rings is 1. The smallest absolute Gasteiger partial charge is 0.417 e. The van der Waals surface area contributed by atoms with Gasteiger partial charge in [0.25, 0.3) is 5.56 Å². The van der Waals surface area contributed by atoms with E-state index in [1.807, 2.05) is 0 Å². The first-order valence-electron chi connectivity index (χ1n) is 7.57. The van der Waals surface area contributed by atoms with Gasteiger partial charge < -0.3 is 9.47 Å². The third-order valence-corrected chi connectivity index (χ3v) is 3.48. The van der Waals surface area contributed by atoms with Crippen molar-refractivity contribution < 1.29 is 14.3 Å². The lowest BCUT2D eigenvalue weighted by Crippen LogP contribution is -2.17. The van der Waals surface area contributed by atoms with E-state index >= 15 is 0 Å².